The van der Waals surface area contributed by atoms with Crippen LogP contribution in [0.1, 0.15) is 53.4 Å². The summed E-state index contributed by atoms with van der Waals surface area (Å²) in [5, 5.41) is 2.83. The molecule has 0 saturated heterocycles. The highest BCUT2D eigenvalue weighted by molar-refractivity contribution is 5.73. The summed E-state index contributed by atoms with van der Waals surface area (Å²) in [6.45, 7) is 7.69. The van der Waals surface area contributed by atoms with Crippen LogP contribution in [0.3, 0.4) is 0 Å². The second kappa shape index (κ2) is 6.78. The van der Waals surface area contributed by atoms with E-state index in [9.17, 15) is 9.59 Å². The van der Waals surface area contributed by atoms with Crippen LogP contribution in [0.25, 0.3) is 0 Å². The van der Waals surface area contributed by atoms with E-state index in [-0.39, 0.29) is 17.9 Å². The van der Waals surface area contributed by atoms with Gasteiger partial charge in [0.2, 0.25) is 0 Å². The first-order valence-corrected chi connectivity index (χ1v) is 6.98. The van der Waals surface area contributed by atoms with Gasteiger partial charge in [0, 0.05) is 6.04 Å². The molecule has 1 saturated carbocycles. The third-order valence-corrected chi connectivity index (χ3v) is 3.01. The van der Waals surface area contributed by atoms with Crippen molar-refractivity contribution in [2.45, 2.75) is 65.0 Å². The molecule has 0 spiro atoms. The standard InChI is InChI=1S/C14H25NO4/c1-5-18-12(16)10-7-6-8-11(9-10)15-13(17)19-14(2,3)4/h10-11H,5-9H2,1-4H3,(H,15,17)/t10-,11+/m0/s1. The smallest absolute Gasteiger partial charge is 0.407 e. The molecule has 5 heteroatoms. The summed E-state index contributed by atoms with van der Waals surface area (Å²) >= 11 is 0. The van der Waals surface area contributed by atoms with Gasteiger partial charge in [-0.05, 0) is 47.0 Å². The van der Waals surface area contributed by atoms with E-state index in [0.717, 1.165) is 19.3 Å². The van der Waals surface area contributed by atoms with E-state index < -0.39 is 11.7 Å². The Morgan fingerprint density at radius 1 is 1.26 bits per heavy atom. The van der Waals surface area contributed by atoms with Crippen molar-refractivity contribution in [1.29, 1.82) is 0 Å². The van der Waals surface area contributed by atoms with Gasteiger partial charge >= 0.3 is 12.1 Å². The maximum atomic E-state index is 11.7. The van der Waals surface area contributed by atoms with Crippen LogP contribution in [0.15, 0.2) is 0 Å². The number of hydrogen-bond acceptors (Lipinski definition) is 4. The highest BCUT2D eigenvalue weighted by Crippen LogP contribution is 2.25. The Hall–Kier alpha value is -1.26. The highest BCUT2D eigenvalue weighted by atomic mass is 16.6. The molecule has 0 aromatic heterocycles. The molecule has 0 radical (unpaired) electrons. The van der Waals surface area contributed by atoms with Crippen molar-refractivity contribution in [3.8, 4) is 0 Å². The van der Waals surface area contributed by atoms with Crippen LogP contribution in [-0.4, -0.2) is 30.3 Å². The normalized spacial score (nSPS) is 23.6. The molecule has 0 aliphatic heterocycles. The second-order valence-electron chi connectivity index (χ2n) is 5.96. The largest absolute Gasteiger partial charge is 0.466 e. The summed E-state index contributed by atoms with van der Waals surface area (Å²) in [4.78, 5) is 23.4. The van der Waals surface area contributed by atoms with Crippen LogP contribution in [0.4, 0.5) is 4.79 Å². The van der Waals surface area contributed by atoms with E-state index >= 15 is 0 Å². The van der Waals surface area contributed by atoms with E-state index in [4.69, 9.17) is 9.47 Å². The number of alkyl carbamates (subject to hydrolysis) is 1. The van der Waals surface area contributed by atoms with Gasteiger partial charge in [0.15, 0.2) is 0 Å². The predicted octanol–water partition coefficient (Wildman–Crippen LogP) is 2.63. The first-order valence-electron chi connectivity index (χ1n) is 6.98. The van der Waals surface area contributed by atoms with Crippen LogP contribution in [0, 0.1) is 5.92 Å². The summed E-state index contributed by atoms with van der Waals surface area (Å²) in [6.07, 6.45) is 2.87. The molecule has 0 aromatic rings. The lowest BCUT2D eigenvalue weighted by Gasteiger charge is -2.29. The highest BCUT2D eigenvalue weighted by Gasteiger charge is 2.30. The van der Waals surface area contributed by atoms with Gasteiger partial charge in [-0.3, -0.25) is 4.79 Å². The van der Waals surface area contributed by atoms with Crippen LogP contribution >= 0.6 is 0 Å². The van der Waals surface area contributed by atoms with Gasteiger partial charge in [0.25, 0.3) is 0 Å². The Balaban J connectivity index is 2.42. The maximum absolute atomic E-state index is 11.7. The number of amides is 1. The quantitative estimate of drug-likeness (QED) is 0.801. The minimum absolute atomic E-state index is 0.00185. The Bertz CT molecular complexity index is 322. The van der Waals surface area contributed by atoms with E-state index in [0.29, 0.717) is 13.0 Å². The van der Waals surface area contributed by atoms with Crippen molar-refractivity contribution in [2.24, 2.45) is 5.92 Å². The number of rotatable bonds is 3. The van der Waals surface area contributed by atoms with Crippen molar-refractivity contribution in [2.75, 3.05) is 6.61 Å². The van der Waals surface area contributed by atoms with Crippen LogP contribution in [0.2, 0.25) is 0 Å². The van der Waals surface area contributed by atoms with Gasteiger partial charge in [-0.1, -0.05) is 6.42 Å². The number of hydrogen-bond donors (Lipinski definition) is 1. The Morgan fingerprint density at radius 2 is 1.95 bits per heavy atom. The predicted molar refractivity (Wildman–Crippen MR) is 71.7 cm³/mol. The van der Waals surface area contributed by atoms with Crippen molar-refractivity contribution in [3.05, 3.63) is 0 Å². The van der Waals surface area contributed by atoms with E-state index in [1.165, 1.54) is 0 Å². The van der Waals surface area contributed by atoms with Gasteiger partial charge < -0.3 is 14.8 Å². The second-order valence-corrected chi connectivity index (χ2v) is 5.96. The number of esters is 1. The monoisotopic (exact) mass is 271 g/mol. The zero-order valence-corrected chi connectivity index (χ0v) is 12.3. The molecule has 1 amide bonds. The molecule has 2 atom stereocenters. The lowest BCUT2D eigenvalue weighted by molar-refractivity contribution is -0.149. The zero-order chi connectivity index (χ0) is 14.5. The van der Waals surface area contributed by atoms with E-state index in [1.807, 2.05) is 20.8 Å². The Labute approximate surface area is 115 Å². The third kappa shape index (κ3) is 5.94. The molecule has 1 rings (SSSR count). The zero-order valence-electron chi connectivity index (χ0n) is 12.3. The third-order valence-electron chi connectivity index (χ3n) is 3.01. The summed E-state index contributed by atoms with van der Waals surface area (Å²) in [5.74, 6) is -0.258. The molecule has 1 aliphatic carbocycles. The number of carbonyl (C=O) groups is 2. The van der Waals surface area contributed by atoms with Gasteiger partial charge in [-0.15, -0.1) is 0 Å². The fourth-order valence-corrected chi connectivity index (χ4v) is 2.27. The fourth-order valence-electron chi connectivity index (χ4n) is 2.27. The summed E-state index contributed by atoms with van der Waals surface area (Å²) in [5.41, 5.74) is -0.501. The van der Waals surface area contributed by atoms with Crippen molar-refractivity contribution < 1.29 is 19.1 Å². The first-order chi connectivity index (χ1) is 8.81. The molecule has 1 N–H and O–H groups in total. The molecular weight excluding hydrogens is 246 g/mol. The molecular formula is C14H25NO4. The Kier molecular flexibility index (Phi) is 5.63. The molecule has 0 unspecified atom stereocenters. The van der Waals surface area contributed by atoms with Gasteiger partial charge in [0.05, 0.1) is 12.5 Å². The minimum atomic E-state index is -0.501. The number of nitrogens with one attached hydrogen (secondary N) is 1. The fraction of sp³-hybridized carbons (Fsp3) is 0.857. The van der Waals surface area contributed by atoms with Crippen molar-refractivity contribution >= 4 is 12.1 Å². The van der Waals surface area contributed by atoms with Gasteiger partial charge in [-0.2, -0.15) is 0 Å². The van der Waals surface area contributed by atoms with Crippen molar-refractivity contribution in [3.63, 3.8) is 0 Å². The molecule has 19 heavy (non-hydrogen) atoms. The molecule has 1 fully saturated rings. The molecule has 1 aliphatic rings. The summed E-state index contributed by atoms with van der Waals surface area (Å²) in [7, 11) is 0. The molecule has 0 aromatic carbocycles. The van der Waals surface area contributed by atoms with E-state index in [2.05, 4.69) is 5.32 Å². The van der Waals surface area contributed by atoms with Crippen LogP contribution < -0.4 is 5.32 Å². The SMILES string of the molecule is CCOC(=O)[C@H]1CCC[C@@H](NC(=O)OC(C)(C)C)C1. The maximum Gasteiger partial charge on any atom is 0.407 e. The summed E-state index contributed by atoms with van der Waals surface area (Å²) < 4.78 is 10.2. The van der Waals surface area contributed by atoms with Crippen LogP contribution in [-0.2, 0) is 14.3 Å². The number of ether oxygens (including phenoxy) is 2. The molecule has 0 heterocycles. The van der Waals surface area contributed by atoms with E-state index in [1.54, 1.807) is 6.92 Å². The first kappa shape index (κ1) is 15.8. The minimum Gasteiger partial charge on any atom is -0.466 e. The average Bonchev–Trinajstić information content (AvgIpc) is 2.27. The molecule has 110 valence electrons. The number of carbonyl (C=O) groups excluding carboxylic acids is 2. The lowest BCUT2D eigenvalue weighted by Crippen LogP contribution is -2.42. The molecule has 5 nitrogen and oxygen atoms in total. The average molecular weight is 271 g/mol. The van der Waals surface area contributed by atoms with Gasteiger partial charge in [0.1, 0.15) is 5.60 Å². The summed E-state index contributed by atoms with van der Waals surface area (Å²) in [6, 6.07) is -0.00185. The topological polar surface area (TPSA) is 64.6 Å². The van der Waals surface area contributed by atoms with Crippen LogP contribution in [0.5, 0.6) is 0 Å². The van der Waals surface area contributed by atoms with Crippen molar-refractivity contribution in [1.82, 2.24) is 5.32 Å². The van der Waals surface area contributed by atoms with Gasteiger partial charge in [-0.25, -0.2) is 4.79 Å². The Morgan fingerprint density at radius 3 is 2.53 bits per heavy atom. The lowest BCUT2D eigenvalue weighted by atomic mass is 9.86. The molecule has 0 bridgehead atoms.